The summed E-state index contributed by atoms with van der Waals surface area (Å²) < 4.78 is 5.99. The second-order valence-electron chi connectivity index (χ2n) is 2.88. The number of ether oxygens (including phenoxy) is 1. The Balaban J connectivity index is 2.62. The Morgan fingerprint density at radius 2 is 2.40 bits per heavy atom. The quantitative estimate of drug-likeness (QED) is 0.469. The first kappa shape index (κ1) is 11.6. The topological polar surface area (TPSA) is 97.2 Å². The third-order valence-electron chi connectivity index (χ3n) is 1.79. The fraction of sp³-hybridized carbons (Fsp3) is 0.625. The van der Waals surface area contributed by atoms with Gasteiger partial charge >= 0.3 is 11.1 Å². The number of hydrogen-bond donors (Lipinski definition) is 2. The molecule has 7 nitrogen and oxygen atoms in total. The van der Waals surface area contributed by atoms with Gasteiger partial charge in [-0.25, -0.2) is 5.10 Å². The maximum atomic E-state index is 11.2. The summed E-state index contributed by atoms with van der Waals surface area (Å²) in [5.41, 5.74) is -1.46. The third kappa shape index (κ3) is 3.30. The monoisotopic (exact) mass is 215 g/mol. The SMILES string of the molecule is CCOC(O)CCn1cn[nH]c(=O)c1=O. The highest BCUT2D eigenvalue weighted by molar-refractivity contribution is 4.74. The largest absolute Gasteiger partial charge is 0.368 e. The molecule has 1 heterocycles. The van der Waals surface area contributed by atoms with Gasteiger partial charge in [-0.15, -0.1) is 0 Å². The molecule has 1 aromatic heterocycles. The van der Waals surface area contributed by atoms with E-state index in [1.807, 2.05) is 5.10 Å². The second-order valence-corrected chi connectivity index (χ2v) is 2.88. The summed E-state index contributed by atoms with van der Waals surface area (Å²) in [7, 11) is 0. The van der Waals surface area contributed by atoms with Crippen molar-refractivity contribution in [3.05, 3.63) is 27.0 Å². The Morgan fingerprint density at radius 1 is 1.67 bits per heavy atom. The zero-order valence-electron chi connectivity index (χ0n) is 8.34. The van der Waals surface area contributed by atoms with Crippen LogP contribution in [0.4, 0.5) is 0 Å². The van der Waals surface area contributed by atoms with Crippen LogP contribution in [0.1, 0.15) is 13.3 Å². The van der Waals surface area contributed by atoms with Crippen molar-refractivity contribution in [2.75, 3.05) is 6.61 Å². The second kappa shape index (κ2) is 5.42. The first-order valence-electron chi connectivity index (χ1n) is 4.59. The molecule has 0 saturated heterocycles. The number of rotatable bonds is 5. The number of aliphatic hydroxyl groups excluding tert-OH is 1. The lowest BCUT2D eigenvalue weighted by atomic mass is 10.4. The fourth-order valence-electron chi connectivity index (χ4n) is 1.07. The molecule has 0 aliphatic heterocycles. The normalized spacial score (nSPS) is 12.7. The van der Waals surface area contributed by atoms with E-state index < -0.39 is 17.4 Å². The van der Waals surface area contributed by atoms with Gasteiger partial charge in [-0.2, -0.15) is 5.10 Å². The molecule has 0 aliphatic rings. The maximum absolute atomic E-state index is 11.2. The van der Waals surface area contributed by atoms with Gasteiger partial charge in [-0.05, 0) is 6.92 Å². The number of H-pyrrole nitrogens is 1. The van der Waals surface area contributed by atoms with Gasteiger partial charge < -0.3 is 9.84 Å². The van der Waals surface area contributed by atoms with Gasteiger partial charge in [-0.3, -0.25) is 14.2 Å². The minimum atomic E-state index is -0.929. The molecule has 15 heavy (non-hydrogen) atoms. The summed E-state index contributed by atoms with van der Waals surface area (Å²) in [5.74, 6) is 0. The van der Waals surface area contributed by atoms with Gasteiger partial charge in [0.1, 0.15) is 6.33 Å². The number of nitrogens with one attached hydrogen (secondary N) is 1. The van der Waals surface area contributed by atoms with Crippen LogP contribution in [0, 0.1) is 0 Å². The lowest BCUT2D eigenvalue weighted by molar-refractivity contribution is -0.100. The molecule has 0 saturated carbocycles. The molecule has 1 unspecified atom stereocenters. The van der Waals surface area contributed by atoms with Crippen molar-refractivity contribution in [1.29, 1.82) is 0 Å². The van der Waals surface area contributed by atoms with Gasteiger partial charge in [0, 0.05) is 19.6 Å². The highest BCUT2D eigenvalue weighted by Gasteiger charge is 2.05. The minimum Gasteiger partial charge on any atom is -0.368 e. The molecule has 1 rings (SSSR count). The van der Waals surface area contributed by atoms with Gasteiger partial charge in [0.05, 0.1) is 0 Å². The van der Waals surface area contributed by atoms with Crippen molar-refractivity contribution in [2.24, 2.45) is 0 Å². The molecule has 0 aromatic carbocycles. The van der Waals surface area contributed by atoms with Gasteiger partial charge in [0.2, 0.25) is 0 Å². The summed E-state index contributed by atoms with van der Waals surface area (Å²) >= 11 is 0. The van der Waals surface area contributed by atoms with Gasteiger partial charge in [-0.1, -0.05) is 0 Å². The summed E-state index contributed by atoms with van der Waals surface area (Å²) in [6.07, 6.45) is 0.516. The molecule has 0 amide bonds. The van der Waals surface area contributed by atoms with E-state index >= 15 is 0 Å². The van der Waals surface area contributed by atoms with Crippen LogP contribution in [0.15, 0.2) is 15.9 Å². The molecule has 84 valence electrons. The van der Waals surface area contributed by atoms with E-state index in [-0.39, 0.29) is 13.0 Å². The summed E-state index contributed by atoms with van der Waals surface area (Å²) in [6, 6.07) is 0. The van der Waals surface area contributed by atoms with E-state index in [9.17, 15) is 14.7 Å². The van der Waals surface area contributed by atoms with E-state index in [0.717, 1.165) is 4.57 Å². The number of hydrogen-bond acceptors (Lipinski definition) is 5. The van der Waals surface area contributed by atoms with E-state index in [0.29, 0.717) is 6.61 Å². The Labute approximate surface area is 85.3 Å². The van der Waals surface area contributed by atoms with Crippen molar-refractivity contribution >= 4 is 0 Å². The predicted molar refractivity (Wildman–Crippen MR) is 51.4 cm³/mol. The molecule has 2 N–H and O–H groups in total. The van der Waals surface area contributed by atoms with E-state index in [2.05, 4.69) is 5.10 Å². The highest BCUT2D eigenvalue weighted by Crippen LogP contribution is 1.95. The van der Waals surface area contributed by atoms with E-state index in [1.165, 1.54) is 6.33 Å². The molecule has 0 radical (unpaired) electrons. The Bertz CT molecular complexity index is 411. The zero-order valence-corrected chi connectivity index (χ0v) is 8.34. The van der Waals surface area contributed by atoms with Crippen molar-refractivity contribution in [3.8, 4) is 0 Å². The molecular weight excluding hydrogens is 202 g/mol. The van der Waals surface area contributed by atoms with Crippen LogP contribution < -0.4 is 11.1 Å². The summed E-state index contributed by atoms with van der Waals surface area (Å²) in [4.78, 5) is 22.1. The van der Waals surface area contributed by atoms with Crippen LogP contribution in [0.2, 0.25) is 0 Å². The first-order valence-corrected chi connectivity index (χ1v) is 4.59. The molecular formula is C8H13N3O4. The zero-order chi connectivity index (χ0) is 11.3. The molecule has 1 atom stereocenters. The fourth-order valence-corrected chi connectivity index (χ4v) is 1.07. The lowest BCUT2D eigenvalue weighted by Crippen LogP contribution is -2.37. The molecule has 0 aliphatic carbocycles. The average Bonchev–Trinajstić information content (AvgIpc) is 2.21. The van der Waals surface area contributed by atoms with Crippen molar-refractivity contribution in [2.45, 2.75) is 26.2 Å². The van der Waals surface area contributed by atoms with Crippen LogP contribution in [0.5, 0.6) is 0 Å². The highest BCUT2D eigenvalue weighted by atomic mass is 16.6. The van der Waals surface area contributed by atoms with Crippen molar-refractivity contribution in [1.82, 2.24) is 14.8 Å². The van der Waals surface area contributed by atoms with Crippen LogP contribution in [-0.4, -0.2) is 32.8 Å². The molecule has 1 aromatic rings. The molecule has 0 spiro atoms. The predicted octanol–water partition coefficient (Wildman–Crippen LogP) is -1.32. The first-order chi connectivity index (χ1) is 7.15. The number of aliphatic hydroxyl groups is 1. The number of nitrogens with zero attached hydrogens (tertiary/aromatic N) is 2. The average molecular weight is 215 g/mol. The molecule has 0 fully saturated rings. The smallest absolute Gasteiger partial charge is 0.330 e. The number of aromatic amines is 1. The van der Waals surface area contributed by atoms with E-state index in [4.69, 9.17) is 4.74 Å². The number of aryl methyl sites for hydroxylation is 1. The number of aromatic nitrogens is 3. The molecule has 7 heteroatoms. The van der Waals surface area contributed by atoms with Crippen LogP contribution >= 0.6 is 0 Å². The maximum Gasteiger partial charge on any atom is 0.330 e. The van der Waals surface area contributed by atoms with Crippen LogP contribution in [0.25, 0.3) is 0 Å². The Kier molecular flexibility index (Phi) is 4.19. The summed E-state index contributed by atoms with van der Waals surface area (Å²) in [6.45, 7) is 2.34. The Hall–Kier alpha value is -1.47. The van der Waals surface area contributed by atoms with Crippen LogP contribution in [-0.2, 0) is 11.3 Å². The third-order valence-corrected chi connectivity index (χ3v) is 1.79. The molecule has 0 bridgehead atoms. The van der Waals surface area contributed by atoms with Gasteiger partial charge in [0.25, 0.3) is 0 Å². The van der Waals surface area contributed by atoms with Crippen molar-refractivity contribution < 1.29 is 9.84 Å². The standard InChI is InChI=1S/C8H13N3O4/c1-2-15-6(12)3-4-11-5-9-10-7(13)8(11)14/h5-6,12H,2-4H2,1H3,(H,10,13). The minimum absolute atomic E-state index is 0.191. The lowest BCUT2D eigenvalue weighted by Gasteiger charge is -2.10. The van der Waals surface area contributed by atoms with E-state index in [1.54, 1.807) is 6.92 Å². The summed E-state index contributed by atoms with van der Waals surface area (Å²) in [5, 5.41) is 14.7. The van der Waals surface area contributed by atoms with Crippen LogP contribution in [0.3, 0.4) is 0 Å². The van der Waals surface area contributed by atoms with Crippen molar-refractivity contribution in [3.63, 3.8) is 0 Å². The van der Waals surface area contributed by atoms with Gasteiger partial charge in [0.15, 0.2) is 6.29 Å². The Morgan fingerprint density at radius 3 is 3.07 bits per heavy atom.